The molecule has 3 N–H and O–H groups in total. The molecule has 0 bridgehead atoms. The van der Waals surface area contributed by atoms with E-state index in [0.29, 0.717) is 34.7 Å². The Morgan fingerprint density at radius 2 is 1.81 bits per heavy atom. The summed E-state index contributed by atoms with van der Waals surface area (Å²) in [5, 5.41) is 19.8. The van der Waals surface area contributed by atoms with Crippen molar-refractivity contribution in [2.75, 3.05) is 13.1 Å². The van der Waals surface area contributed by atoms with Gasteiger partial charge in [-0.1, -0.05) is 30.3 Å². The van der Waals surface area contributed by atoms with Crippen LogP contribution in [0.15, 0.2) is 48.7 Å². The molecule has 5 rings (SSSR count). The molecule has 0 spiro atoms. The molecule has 7 nitrogen and oxygen atoms in total. The molecule has 3 aromatic heterocycles. The van der Waals surface area contributed by atoms with Gasteiger partial charge in [0, 0.05) is 36.3 Å². The maximum atomic E-state index is 14.1. The molecule has 1 aliphatic rings. The number of hydrogen-bond donors (Lipinski definition) is 2. The monoisotopic (exact) mass is 542 g/mol. The van der Waals surface area contributed by atoms with E-state index in [1.165, 1.54) is 27.6 Å². The number of aliphatic hydroxyl groups is 1. The van der Waals surface area contributed by atoms with E-state index in [9.17, 15) is 18.3 Å². The van der Waals surface area contributed by atoms with Crippen molar-refractivity contribution in [2.24, 2.45) is 5.73 Å². The first-order valence-electron chi connectivity index (χ1n) is 11.1. The quantitative estimate of drug-likeness (QED) is 0.390. The van der Waals surface area contributed by atoms with Crippen molar-refractivity contribution in [3.05, 3.63) is 59.8 Å². The minimum atomic E-state index is -4.46. The standard InChI is InChI=1S/C24H25F3N6O.2ClH/c1-23(2,34)17-5-3-4-14-6-8-18(29-20(14)17)22-31-30-19-9-7-15(12-33(19)22)21(24(25,26)27)32-11-10-16(28)13-32;;/h3-9,12,16,21,34H,10-11,13,28H2,1-2H3;2*1H/t16-,21+;;/m0../s1. The summed E-state index contributed by atoms with van der Waals surface area (Å²) in [6, 6.07) is 10.1. The zero-order valence-electron chi connectivity index (χ0n) is 19.6. The van der Waals surface area contributed by atoms with E-state index in [-0.39, 0.29) is 49.5 Å². The summed E-state index contributed by atoms with van der Waals surface area (Å²) in [5.41, 5.74) is 6.95. The normalized spacial score (nSPS) is 17.7. The van der Waals surface area contributed by atoms with Gasteiger partial charge in [-0.15, -0.1) is 35.0 Å². The van der Waals surface area contributed by atoms with Gasteiger partial charge in [-0.2, -0.15) is 13.2 Å². The topological polar surface area (TPSA) is 92.6 Å². The van der Waals surface area contributed by atoms with E-state index < -0.39 is 17.8 Å². The average Bonchev–Trinajstić information content (AvgIpc) is 3.37. The molecule has 12 heteroatoms. The van der Waals surface area contributed by atoms with Crippen LogP contribution in [0.3, 0.4) is 0 Å². The Balaban J connectivity index is 0.00000180. The zero-order chi connectivity index (χ0) is 24.3. The van der Waals surface area contributed by atoms with E-state index >= 15 is 0 Å². The second kappa shape index (κ2) is 10.1. The molecule has 0 saturated carbocycles. The highest BCUT2D eigenvalue weighted by atomic mass is 35.5. The number of fused-ring (bicyclic) bond motifs is 2. The number of aromatic nitrogens is 4. The van der Waals surface area contributed by atoms with Gasteiger partial charge in [0.2, 0.25) is 0 Å². The molecule has 1 aromatic carbocycles. The molecular formula is C24H27Cl2F3N6O. The number of hydrogen-bond acceptors (Lipinski definition) is 6. The minimum Gasteiger partial charge on any atom is -0.386 e. The maximum absolute atomic E-state index is 14.1. The molecular weight excluding hydrogens is 516 g/mol. The van der Waals surface area contributed by atoms with Crippen LogP contribution in [-0.2, 0) is 5.60 Å². The Hall–Kier alpha value is -2.50. The molecule has 0 amide bonds. The van der Waals surface area contributed by atoms with Crippen LogP contribution in [0.5, 0.6) is 0 Å². The number of para-hydroxylation sites is 1. The summed E-state index contributed by atoms with van der Waals surface area (Å²) in [5.74, 6) is 0.323. The Kier molecular flexibility index (Phi) is 7.88. The van der Waals surface area contributed by atoms with Gasteiger partial charge in [-0.25, -0.2) is 4.98 Å². The highest BCUT2D eigenvalue weighted by molar-refractivity contribution is 5.86. The van der Waals surface area contributed by atoms with E-state index in [1.54, 1.807) is 26.0 Å². The predicted molar refractivity (Wildman–Crippen MR) is 136 cm³/mol. The smallest absolute Gasteiger partial charge is 0.386 e. The summed E-state index contributed by atoms with van der Waals surface area (Å²) in [6.07, 6.45) is -2.51. The molecule has 4 aromatic rings. The third-order valence-electron chi connectivity index (χ3n) is 6.28. The number of pyridine rings is 2. The van der Waals surface area contributed by atoms with Crippen LogP contribution in [0.4, 0.5) is 13.2 Å². The molecule has 36 heavy (non-hydrogen) atoms. The van der Waals surface area contributed by atoms with Crippen LogP contribution in [-0.4, -0.2) is 54.9 Å². The van der Waals surface area contributed by atoms with Gasteiger partial charge in [0.25, 0.3) is 0 Å². The summed E-state index contributed by atoms with van der Waals surface area (Å²) < 4.78 is 43.9. The molecule has 4 heterocycles. The minimum absolute atomic E-state index is 0. The highest BCUT2D eigenvalue weighted by Gasteiger charge is 2.46. The van der Waals surface area contributed by atoms with E-state index in [2.05, 4.69) is 10.2 Å². The maximum Gasteiger partial charge on any atom is 0.408 e. The van der Waals surface area contributed by atoms with Crippen LogP contribution >= 0.6 is 24.8 Å². The lowest BCUT2D eigenvalue weighted by Gasteiger charge is -2.30. The third kappa shape index (κ3) is 5.14. The zero-order valence-corrected chi connectivity index (χ0v) is 21.2. The number of rotatable bonds is 4. The number of benzene rings is 1. The van der Waals surface area contributed by atoms with Crippen LogP contribution in [0.1, 0.15) is 37.4 Å². The van der Waals surface area contributed by atoms with Crippen LogP contribution in [0.25, 0.3) is 28.1 Å². The van der Waals surface area contributed by atoms with Crippen molar-refractivity contribution in [3.63, 3.8) is 0 Å². The Morgan fingerprint density at radius 3 is 2.44 bits per heavy atom. The summed E-state index contributed by atoms with van der Waals surface area (Å²) >= 11 is 0. The van der Waals surface area contributed by atoms with Gasteiger partial charge in [0.1, 0.15) is 11.7 Å². The van der Waals surface area contributed by atoms with Gasteiger partial charge < -0.3 is 10.8 Å². The van der Waals surface area contributed by atoms with Gasteiger partial charge in [0.15, 0.2) is 11.5 Å². The Labute approximate surface area is 218 Å². The molecule has 1 aliphatic heterocycles. The molecule has 0 aliphatic carbocycles. The van der Waals surface area contributed by atoms with Crippen molar-refractivity contribution >= 4 is 41.4 Å². The fourth-order valence-corrected chi connectivity index (χ4v) is 4.67. The fraction of sp³-hybridized carbons (Fsp3) is 0.375. The van der Waals surface area contributed by atoms with Crippen molar-refractivity contribution in [2.45, 2.75) is 44.1 Å². The summed E-state index contributed by atoms with van der Waals surface area (Å²) in [6.45, 7) is 3.82. The summed E-state index contributed by atoms with van der Waals surface area (Å²) in [4.78, 5) is 6.09. The number of nitrogens with zero attached hydrogens (tertiary/aromatic N) is 5. The Morgan fingerprint density at radius 1 is 1.06 bits per heavy atom. The van der Waals surface area contributed by atoms with Gasteiger partial charge >= 0.3 is 6.18 Å². The number of halogens is 5. The van der Waals surface area contributed by atoms with Crippen molar-refractivity contribution < 1.29 is 18.3 Å². The van der Waals surface area contributed by atoms with E-state index in [0.717, 1.165) is 5.39 Å². The number of alkyl halides is 3. The molecule has 0 unspecified atom stereocenters. The van der Waals surface area contributed by atoms with Gasteiger partial charge in [-0.3, -0.25) is 9.30 Å². The van der Waals surface area contributed by atoms with E-state index in [1.807, 2.05) is 18.2 Å². The van der Waals surface area contributed by atoms with Crippen molar-refractivity contribution in [1.29, 1.82) is 0 Å². The lowest BCUT2D eigenvalue weighted by atomic mass is 9.95. The van der Waals surface area contributed by atoms with Crippen LogP contribution in [0, 0.1) is 0 Å². The molecule has 1 saturated heterocycles. The second-order valence-electron chi connectivity index (χ2n) is 9.33. The van der Waals surface area contributed by atoms with Gasteiger partial charge in [-0.05, 0) is 38.0 Å². The first-order chi connectivity index (χ1) is 16.0. The number of nitrogens with two attached hydrogens (primary N) is 1. The second-order valence-corrected chi connectivity index (χ2v) is 9.33. The first-order valence-corrected chi connectivity index (χ1v) is 11.1. The van der Waals surface area contributed by atoms with Gasteiger partial charge in [0.05, 0.1) is 11.1 Å². The predicted octanol–water partition coefficient (Wildman–Crippen LogP) is 4.65. The van der Waals surface area contributed by atoms with E-state index in [4.69, 9.17) is 10.7 Å². The van der Waals surface area contributed by atoms with Crippen LogP contribution in [0.2, 0.25) is 0 Å². The van der Waals surface area contributed by atoms with Crippen molar-refractivity contribution in [3.8, 4) is 11.5 Å². The number of likely N-dealkylation sites (tertiary alicyclic amines) is 1. The average molecular weight is 543 g/mol. The largest absolute Gasteiger partial charge is 0.408 e. The molecule has 194 valence electrons. The third-order valence-corrected chi connectivity index (χ3v) is 6.28. The highest BCUT2D eigenvalue weighted by Crippen LogP contribution is 2.39. The SMILES string of the molecule is CC(C)(O)c1cccc2ccc(-c3nnc4ccc([C@@H](N5CC[C@H](N)C5)C(F)(F)F)cn34)nc12.Cl.Cl. The molecule has 2 atom stereocenters. The summed E-state index contributed by atoms with van der Waals surface area (Å²) in [7, 11) is 0. The Bertz CT molecular complexity index is 1370. The lowest BCUT2D eigenvalue weighted by Crippen LogP contribution is -2.38. The fourth-order valence-electron chi connectivity index (χ4n) is 4.67. The first kappa shape index (κ1) is 28.1. The van der Waals surface area contributed by atoms with Crippen molar-refractivity contribution in [1.82, 2.24) is 24.5 Å². The molecule has 1 fully saturated rings. The van der Waals surface area contributed by atoms with Crippen LogP contribution < -0.4 is 5.73 Å². The molecule has 0 radical (unpaired) electrons. The lowest BCUT2D eigenvalue weighted by molar-refractivity contribution is -0.183.